The van der Waals surface area contributed by atoms with E-state index >= 15 is 0 Å². The Labute approximate surface area is 96.8 Å². The molecule has 0 unspecified atom stereocenters. The lowest BCUT2D eigenvalue weighted by Gasteiger charge is -2.25. The number of ketones is 1. The van der Waals surface area contributed by atoms with Crippen molar-refractivity contribution < 1.29 is 19.0 Å². The van der Waals surface area contributed by atoms with E-state index in [9.17, 15) is 14.3 Å². The molecule has 4 heteroatoms. The Balaban J connectivity index is 2.11. The molecule has 0 atom stereocenters. The molecule has 0 aromatic heterocycles. The van der Waals surface area contributed by atoms with Gasteiger partial charge in [0.05, 0.1) is 6.42 Å². The van der Waals surface area contributed by atoms with Crippen molar-refractivity contribution in [3.8, 4) is 5.75 Å². The number of benzene rings is 1. The van der Waals surface area contributed by atoms with Gasteiger partial charge in [0.25, 0.3) is 0 Å². The maximum Gasteiger partial charge on any atom is 0.168 e. The summed E-state index contributed by atoms with van der Waals surface area (Å²) >= 11 is 0. The van der Waals surface area contributed by atoms with Gasteiger partial charge in [-0.2, -0.15) is 0 Å². The van der Waals surface area contributed by atoms with E-state index in [-0.39, 0.29) is 23.8 Å². The smallest absolute Gasteiger partial charge is 0.168 e. The summed E-state index contributed by atoms with van der Waals surface area (Å²) in [6.45, 7) is 0. The highest BCUT2D eigenvalue weighted by atomic mass is 19.1. The summed E-state index contributed by atoms with van der Waals surface area (Å²) in [6.07, 6.45) is 1.89. The van der Waals surface area contributed by atoms with Crippen LogP contribution in [0.2, 0.25) is 0 Å². The standard InChI is InChI=1S/C13H9FO3/c14-9-2-1-7-3-8-4-10(15)6-11(16)13(8)17-12(7)5-9/h1-2,4-5,16H,3,6H2. The minimum atomic E-state index is -0.386. The predicted octanol–water partition coefficient (Wildman–Crippen LogP) is 2.43. The van der Waals surface area contributed by atoms with Crippen molar-refractivity contribution in [3.05, 3.63) is 52.7 Å². The topological polar surface area (TPSA) is 46.5 Å². The average Bonchev–Trinajstić information content (AvgIpc) is 2.27. The summed E-state index contributed by atoms with van der Waals surface area (Å²) in [4.78, 5) is 11.3. The summed E-state index contributed by atoms with van der Waals surface area (Å²) in [7, 11) is 0. The molecule has 86 valence electrons. The van der Waals surface area contributed by atoms with Crippen molar-refractivity contribution in [1.29, 1.82) is 0 Å². The van der Waals surface area contributed by atoms with Gasteiger partial charge in [-0.1, -0.05) is 6.07 Å². The number of ether oxygens (including phenoxy) is 1. The van der Waals surface area contributed by atoms with Crippen molar-refractivity contribution in [2.75, 3.05) is 0 Å². The van der Waals surface area contributed by atoms with E-state index in [1.807, 2.05) is 0 Å². The van der Waals surface area contributed by atoms with Gasteiger partial charge in [0.15, 0.2) is 11.5 Å². The molecule has 0 fully saturated rings. The first kappa shape index (κ1) is 10.1. The molecule has 0 saturated heterocycles. The van der Waals surface area contributed by atoms with Crippen LogP contribution in [0.15, 0.2) is 41.4 Å². The molecule has 3 nitrogen and oxygen atoms in total. The zero-order chi connectivity index (χ0) is 12.0. The zero-order valence-electron chi connectivity index (χ0n) is 8.87. The van der Waals surface area contributed by atoms with E-state index in [1.54, 1.807) is 6.07 Å². The number of aliphatic hydroxyl groups excluding tert-OH is 1. The molecule has 17 heavy (non-hydrogen) atoms. The molecule has 0 saturated carbocycles. The summed E-state index contributed by atoms with van der Waals surface area (Å²) in [6, 6.07) is 4.25. The number of allylic oxidation sites excluding steroid dienone is 3. The molecule has 1 N–H and O–H groups in total. The van der Waals surface area contributed by atoms with Crippen LogP contribution >= 0.6 is 0 Å². The lowest BCUT2D eigenvalue weighted by molar-refractivity contribution is -0.114. The quantitative estimate of drug-likeness (QED) is 0.747. The van der Waals surface area contributed by atoms with Crippen LogP contribution in [-0.2, 0) is 11.2 Å². The fourth-order valence-corrected chi connectivity index (χ4v) is 2.08. The number of carbonyl (C=O) groups excluding carboxylic acids is 1. The second-order valence-electron chi connectivity index (χ2n) is 4.12. The Kier molecular flexibility index (Phi) is 2.04. The van der Waals surface area contributed by atoms with Crippen LogP contribution in [-0.4, -0.2) is 10.9 Å². The summed E-state index contributed by atoms with van der Waals surface area (Å²) in [5, 5.41) is 9.67. The third-order valence-corrected chi connectivity index (χ3v) is 2.85. The minimum Gasteiger partial charge on any atom is -0.508 e. The van der Waals surface area contributed by atoms with Crippen LogP contribution in [0.5, 0.6) is 5.75 Å². The summed E-state index contributed by atoms with van der Waals surface area (Å²) in [5.74, 6) is 0.0849. The molecule has 0 bridgehead atoms. The molecule has 1 aliphatic heterocycles. The molecule has 0 spiro atoms. The van der Waals surface area contributed by atoms with Crippen LogP contribution in [0.1, 0.15) is 12.0 Å². The van der Waals surface area contributed by atoms with E-state index in [0.717, 1.165) is 5.56 Å². The molecule has 1 aromatic carbocycles. The monoisotopic (exact) mass is 232 g/mol. The second-order valence-corrected chi connectivity index (χ2v) is 4.12. The Morgan fingerprint density at radius 1 is 1.29 bits per heavy atom. The fourth-order valence-electron chi connectivity index (χ4n) is 2.08. The van der Waals surface area contributed by atoms with Gasteiger partial charge < -0.3 is 9.84 Å². The van der Waals surface area contributed by atoms with Gasteiger partial charge in [-0.25, -0.2) is 4.39 Å². The number of rotatable bonds is 0. The Morgan fingerprint density at radius 3 is 2.94 bits per heavy atom. The van der Waals surface area contributed by atoms with Crippen molar-refractivity contribution in [2.45, 2.75) is 12.8 Å². The second kappa shape index (κ2) is 3.45. The number of aliphatic hydroxyl groups is 1. The van der Waals surface area contributed by atoms with E-state index < -0.39 is 0 Å². The van der Waals surface area contributed by atoms with Crippen molar-refractivity contribution in [1.82, 2.24) is 0 Å². The molecular formula is C13H9FO3. The molecule has 1 aliphatic carbocycles. The number of fused-ring (bicyclic) bond motifs is 2. The Bertz CT molecular complexity index is 584. The maximum atomic E-state index is 13.1. The van der Waals surface area contributed by atoms with Gasteiger partial charge in [-0.3, -0.25) is 4.79 Å². The van der Waals surface area contributed by atoms with Crippen molar-refractivity contribution in [2.24, 2.45) is 0 Å². The predicted molar refractivity (Wildman–Crippen MR) is 58.1 cm³/mol. The van der Waals surface area contributed by atoms with E-state index in [4.69, 9.17) is 4.74 Å². The Morgan fingerprint density at radius 2 is 2.12 bits per heavy atom. The lowest BCUT2D eigenvalue weighted by Crippen LogP contribution is -2.18. The number of hydrogen-bond acceptors (Lipinski definition) is 3. The van der Waals surface area contributed by atoms with Crippen LogP contribution in [0.25, 0.3) is 0 Å². The lowest BCUT2D eigenvalue weighted by atomic mass is 9.93. The molecule has 0 amide bonds. The molecule has 1 aromatic rings. The van der Waals surface area contributed by atoms with Gasteiger partial charge in [0.1, 0.15) is 17.3 Å². The van der Waals surface area contributed by atoms with Crippen LogP contribution in [0, 0.1) is 5.82 Å². The molecule has 0 radical (unpaired) electrons. The number of hydrogen-bond donors (Lipinski definition) is 1. The summed E-state index contributed by atoms with van der Waals surface area (Å²) in [5.41, 5.74) is 1.46. The normalized spacial score (nSPS) is 18.2. The fraction of sp³-hybridized carbons (Fsp3) is 0.154. The molecule has 3 rings (SSSR count). The molecular weight excluding hydrogens is 223 g/mol. The summed E-state index contributed by atoms with van der Waals surface area (Å²) < 4.78 is 18.5. The average molecular weight is 232 g/mol. The number of halogens is 1. The number of carbonyl (C=O) groups is 1. The first-order chi connectivity index (χ1) is 8.13. The third kappa shape index (κ3) is 1.62. The highest BCUT2D eigenvalue weighted by Crippen LogP contribution is 2.36. The van der Waals surface area contributed by atoms with E-state index in [2.05, 4.69) is 0 Å². The Hall–Kier alpha value is -2.10. The van der Waals surface area contributed by atoms with Crippen LogP contribution < -0.4 is 4.74 Å². The highest BCUT2D eigenvalue weighted by molar-refractivity contribution is 5.94. The van der Waals surface area contributed by atoms with Gasteiger partial charge in [-0.15, -0.1) is 0 Å². The highest BCUT2D eigenvalue weighted by Gasteiger charge is 2.27. The SMILES string of the molecule is O=C1C=C2Cc3ccc(F)cc3OC2=C(O)C1. The van der Waals surface area contributed by atoms with Gasteiger partial charge >= 0.3 is 0 Å². The zero-order valence-corrected chi connectivity index (χ0v) is 8.87. The maximum absolute atomic E-state index is 13.1. The van der Waals surface area contributed by atoms with Crippen LogP contribution in [0.4, 0.5) is 4.39 Å². The molecule has 1 heterocycles. The molecule has 2 aliphatic rings. The first-order valence-corrected chi connectivity index (χ1v) is 5.25. The van der Waals surface area contributed by atoms with Crippen molar-refractivity contribution >= 4 is 5.78 Å². The third-order valence-electron chi connectivity index (χ3n) is 2.85. The van der Waals surface area contributed by atoms with Gasteiger partial charge in [-0.05, 0) is 17.7 Å². The van der Waals surface area contributed by atoms with E-state index in [1.165, 1.54) is 18.2 Å². The van der Waals surface area contributed by atoms with Gasteiger partial charge in [0, 0.05) is 18.1 Å². The van der Waals surface area contributed by atoms with Crippen molar-refractivity contribution in [3.63, 3.8) is 0 Å². The van der Waals surface area contributed by atoms with E-state index in [0.29, 0.717) is 23.5 Å². The van der Waals surface area contributed by atoms with Gasteiger partial charge in [0.2, 0.25) is 0 Å². The first-order valence-electron chi connectivity index (χ1n) is 5.25. The minimum absolute atomic E-state index is 0.0521. The van der Waals surface area contributed by atoms with Crippen LogP contribution in [0.3, 0.4) is 0 Å². The largest absolute Gasteiger partial charge is 0.508 e.